The van der Waals surface area contributed by atoms with Gasteiger partial charge in [-0.1, -0.05) is 46.3 Å². The smallest absolute Gasteiger partial charge is 0.224 e. The maximum atomic E-state index is 13.4. The Morgan fingerprint density at radius 2 is 1.92 bits per heavy atom. The van der Waals surface area contributed by atoms with Crippen molar-refractivity contribution in [3.05, 3.63) is 40.9 Å². The molecule has 198 valence electrons. The number of nitrogens with one attached hydrogen (secondary N) is 1. The quantitative estimate of drug-likeness (QED) is 0.305. The Balaban J connectivity index is 2.13. The maximum absolute atomic E-state index is 13.4. The van der Waals surface area contributed by atoms with Crippen molar-refractivity contribution in [2.24, 2.45) is 11.8 Å². The van der Waals surface area contributed by atoms with Crippen molar-refractivity contribution in [3.63, 3.8) is 0 Å². The van der Waals surface area contributed by atoms with E-state index in [1.54, 1.807) is 17.4 Å². The van der Waals surface area contributed by atoms with Gasteiger partial charge in [-0.3, -0.25) is 14.4 Å². The fraction of sp³-hybridized carbons (Fsp3) is 0.586. The highest BCUT2D eigenvalue weighted by Gasteiger charge is 2.27. The maximum Gasteiger partial charge on any atom is 0.224 e. The summed E-state index contributed by atoms with van der Waals surface area (Å²) in [5.74, 6) is -0.217. The van der Waals surface area contributed by atoms with Crippen molar-refractivity contribution in [2.75, 3.05) is 20.6 Å². The monoisotopic (exact) mass is 513 g/mol. The highest BCUT2D eigenvalue weighted by Crippen LogP contribution is 2.27. The molecule has 0 bridgehead atoms. The number of hydrogen-bond acceptors (Lipinski definition) is 6. The van der Waals surface area contributed by atoms with E-state index in [9.17, 15) is 14.4 Å². The van der Waals surface area contributed by atoms with E-state index in [0.29, 0.717) is 25.7 Å². The largest absolute Gasteiger partial charge is 0.353 e. The number of carbonyl (C=O) groups is 3. The van der Waals surface area contributed by atoms with E-state index in [1.807, 2.05) is 38.1 Å². The fourth-order valence-corrected chi connectivity index (χ4v) is 5.18. The zero-order valence-corrected chi connectivity index (χ0v) is 23.6. The first kappa shape index (κ1) is 29.8. The summed E-state index contributed by atoms with van der Waals surface area (Å²) in [7, 11) is 3.92. The van der Waals surface area contributed by atoms with Crippen LogP contribution in [0.15, 0.2) is 30.4 Å². The van der Waals surface area contributed by atoms with Gasteiger partial charge in [0.2, 0.25) is 5.91 Å². The zero-order valence-electron chi connectivity index (χ0n) is 22.8. The Morgan fingerprint density at radius 3 is 2.56 bits per heavy atom. The summed E-state index contributed by atoms with van der Waals surface area (Å²) in [6.45, 7) is 8.87. The molecule has 0 aliphatic carbocycles. The SMILES string of the molecule is CCC(=O)C[C@@H](Cc1nc2ccc(CC)cc2s1)C(=O)N[C@H](CCC(=O)/C=C/CN(C)C)[C@@H](C)CC. The number of aromatic nitrogens is 1. The molecule has 0 spiro atoms. The summed E-state index contributed by atoms with van der Waals surface area (Å²) < 4.78 is 1.11. The minimum atomic E-state index is -0.467. The standard InChI is InChI=1S/C29H43N3O3S/c1-7-20(4)25(15-13-24(34)11-10-16-32(5)6)31-29(35)22(18-23(33)9-3)19-28-30-26-14-12-21(8-2)17-27(26)36-28/h10-12,14,17,20,22,25H,7-9,13,15-16,18-19H2,1-6H3,(H,31,35)/b11-10+/t20-,22-,25+/m0/s1. The first-order valence-corrected chi connectivity index (χ1v) is 14.0. The van der Waals surface area contributed by atoms with Crippen LogP contribution in [0.2, 0.25) is 0 Å². The van der Waals surface area contributed by atoms with Crippen LogP contribution >= 0.6 is 11.3 Å². The van der Waals surface area contributed by atoms with Crippen molar-refractivity contribution in [1.29, 1.82) is 0 Å². The second-order valence-corrected chi connectivity index (χ2v) is 11.0. The fourth-order valence-electron chi connectivity index (χ4n) is 4.07. The predicted molar refractivity (Wildman–Crippen MR) is 149 cm³/mol. The molecule has 0 radical (unpaired) electrons. The molecule has 0 saturated carbocycles. The molecule has 2 rings (SSSR count). The zero-order chi connectivity index (χ0) is 26.7. The van der Waals surface area contributed by atoms with E-state index in [2.05, 4.69) is 38.2 Å². The molecule has 0 aliphatic heterocycles. The average molecular weight is 514 g/mol. The lowest BCUT2D eigenvalue weighted by Gasteiger charge is -2.26. The number of aryl methyl sites for hydroxylation is 1. The molecular weight excluding hydrogens is 470 g/mol. The highest BCUT2D eigenvalue weighted by molar-refractivity contribution is 7.18. The van der Waals surface area contributed by atoms with Gasteiger partial charge < -0.3 is 10.2 Å². The average Bonchev–Trinajstić information content (AvgIpc) is 3.26. The number of likely N-dealkylation sites (N-methyl/N-ethyl adjacent to an activating group) is 1. The molecule has 1 amide bonds. The molecular formula is C29H43N3O3S. The Kier molecular flexibility index (Phi) is 12.4. The molecule has 3 atom stereocenters. The minimum absolute atomic E-state index is 0.0676. The number of allylic oxidation sites excluding steroid dienone is 1. The molecule has 0 saturated heterocycles. The van der Waals surface area contributed by atoms with Crippen molar-refractivity contribution in [3.8, 4) is 0 Å². The van der Waals surface area contributed by atoms with Gasteiger partial charge in [0.05, 0.1) is 21.1 Å². The van der Waals surface area contributed by atoms with Crippen molar-refractivity contribution in [1.82, 2.24) is 15.2 Å². The summed E-state index contributed by atoms with van der Waals surface area (Å²) in [6, 6.07) is 6.16. The number of carbonyl (C=O) groups excluding carboxylic acids is 3. The second-order valence-electron chi connectivity index (χ2n) is 9.93. The number of nitrogens with zero attached hydrogens (tertiary/aromatic N) is 2. The van der Waals surface area contributed by atoms with Gasteiger partial charge in [-0.05, 0) is 56.6 Å². The van der Waals surface area contributed by atoms with Crippen LogP contribution in [0.25, 0.3) is 10.2 Å². The summed E-state index contributed by atoms with van der Waals surface area (Å²) in [5, 5.41) is 4.08. The van der Waals surface area contributed by atoms with Gasteiger partial charge >= 0.3 is 0 Å². The molecule has 0 aliphatic rings. The number of rotatable bonds is 16. The highest BCUT2D eigenvalue weighted by atomic mass is 32.1. The molecule has 36 heavy (non-hydrogen) atoms. The van der Waals surface area contributed by atoms with Crippen molar-refractivity contribution < 1.29 is 14.4 Å². The minimum Gasteiger partial charge on any atom is -0.353 e. The first-order valence-electron chi connectivity index (χ1n) is 13.2. The number of Topliss-reactive ketones (excluding diaryl/α,β-unsaturated/α-hetero) is 1. The number of benzene rings is 1. The molecule has 6 nitrogen and oxygen atoms in total. The Hall–Kier alpha value is -2.38. The Labute approximate surface area is 220 Å². The van der Waals surface area contributed by atoms with Crippen LogP contribution in [-0.4, -0.2) is 54.0 Å². The number of amides is 1. The lowest BCUT2D eigenvalue weighted by molar-refractivity contribution is -0.130. The third-order valence-corrected chi connectivity index (χ3v) is 7.74. The number of thiazole rings is 1. The second kappa shape index (κ2) is 15.0. The van der Waals surface area contributed by atoms with Gasteiger partial charge in [-0.2, -0.15) is 0 Å². The van der Waals surface area contributed by atoms with Crippen molar-refractivity contribution in [2.45, 2.75) is 78.7 Å². The molecule has 1 aromatic carbocycles. The van der Waals surface area contributed by atoms with E-state index >= 15 is 0 Å². The van der Waals surface area contributed by atoms with E-state index in [0.717, 1.165) is 34.6 Å². The molecule has 1 aromatic heterocycles. The predicted octanol–water partition coefficient (Wildman–Crippen LogP) is 5.38. The molecule has 1 N–H and O–H groups in total. The van der Waals surface area contributed by atoms with Crippen LogP contribution in [0, 0.1) is 11.8 Å². The van der Waals surface area contributed by atoms with E-state index in [1.165, 1.54) is 5.56 Å². The summed E-state index contributed by atoms with van der Waals surface area (Å²) in [5.41, 5.74) is 2.20. The normalized spacial score (nSPS) is 14.3. The van der Waals surface area contributed by atoms with Crippen LogP contribution in [0.4, 0.5) is 0 Å². The molecule has 7 heteroatoms. The number of hydrogen-bond donors (Lipinski definition) is 1. The van der Waals surface area contributed by atoms with Crippen LogP contribution in [0.1, 0.15) is 70.4 Å². The van der Waals surface area contributed by atoms with Gasteiger partial charge in [0.1, 0.15) is 5.78 Å². The summed E-state index contributed by atoms with van der Waals surface area (Å²) in [6.07, 6.45) is 7.39. The van der Waals surface area contributed by atoms with Crippen LogP contribution in [0.3, 0.4) is 0 Å². The van der Waals surface area contributed by atoms with E-state index < -0.39 is 5.92 Å². The molecule has 0 unspecified atom stereocenters. The van der Waals surface area contributed by atoms with E-state index in [4.69, 9.17) is 4.98 Å². The number of ketones is 2. The summed E-state index contributed by atoms with van der Waals surface area (Å²) >= 11 is 1.60. The topological polar surface area (TPSA) is 79.4 Å². The van der Waals surface area contributed by atoms with Gasteiger partial charge in [0, 0.05) is 38.3 Å². The van der Waals surface area contributed by atoms with Gasteiger partial charge in [0.15, 0.2) is 5.78 Å². The lowest BCUT2D eigenvalue weighted by atomic mass is 9.91. The van der Waals surface area contributed by atoms with Crippen molar-refractivity contribution >= 4 is 39.0 Å². The summed E-state index contributed by atoms with van der Waals surface area (Å²) in [4.78, 5) is 44.9. The lowest BCUT2D eigenvalue weighted by Crippen LogP contribution is -2.43. The van der Waals surface area contributed by atoms with Crippen LogP contribution in [-0.2, 0) is 27.2 Å². The number of fused-ring (bicyclic) bond motifs is 1. The third kappa shape index (κ3) is 9.58. The Morgan fingerprint density at radius 1 is 1.17 bits per heavy atom. The Bertz CT molecular complexity index is 1040. The van der Waals surface area contributed by atoms with E-state index in [-0.39, 0.29) is 35.9 Å². The van der Waals surface area contributed by atoms with Crippen LogP contribution < -0.4 is 5.32 Å². The van der Waals surface area contributed by atoms with Gasteiger partial charge in [-0.15, -0.1) is 11.3 Å². The first-order chi connectivity index (χ1) is 17.2. The third-order valence-electron chi connectivity index (χ3n) is 6.70. The van der Waals surface area contributed by atoms with Gasteiger partial charge in [-0.25, -0.2) is 4.98 Å². The van der Waals surface area contributed by atoms with Gasteiger partial charge in [0.25, 0.3) is 0 Å². The molecule has 0 fully saturated rings. The van der Waals surface area contributed by atoms with Crippen LogP contribution in [0.5, 0.6) is 0 Å². The molecule has 2 aromatic rings. The molecule has 1 heterocycles.